The number of pyridine rings is 1. The zero-order valence-corrected chi connectivity index (χ0v) is 12.8. The van der Waals surface area contributed by atoms with Crippen molar-refractivity contribution in [1.82, 2.24) is 14.8 Å². The van der Waals surface area contributed by atoms with Gasteiger partial charge in [-0.25, -0.2) is 4.98 Å². The highest BCUT2D eigenvalue weighted by molar-refractivity contribution is 5.95. The summed E-state index contributed by atoms with van der Waals surface area (Å²) in [4.78, 5) is 21.1. The van der Waals surface area contributed by atoms with Crippen LogP contribution in [0.15, 0.2) is 12.1 Å². The van der Waals surface area contributed by atoms with E-state index >= 15 is 0 Å². The number of aromatic nitrogens is 1. The molecule has 1 aliphatic rings. The lowest BCUT2D eigenvalue weighted by Gasteiger charge is -2.36. The number of hydrogen-bond donors (Lipinski definition) is 1. The SMILES string of the molecule is CNc1cc(C(=O)N(C)C2CCCN(C)C2)cc(C)n1. The average molecular weight is 276 g/mol. The first-order valence-electron chi connectivity index (χ1n) is 7.13. The van der Waals surface area contributed by atoms with Crippen LogP contribution in [0.5, 0.6) is 0 Å². The highest BCUT2D eigenvalue weighted by Gasteiger charge is 2.25. The van der Waals surface area contributed by atoms with Gasteiger partial charge >= 0.3 is 0 Å². The van der Waals surface area contributed by atoms with Crippen molar-refractivity contribution in [2.75, 3.05) is 39.5 Å². The van der Waals surface area contributed by atoms with E-state index in [1.165, 1.54) is 0 Å². The summed E-state index contributed by atoms with van der Waals surface area (Å²) >= 11 is 0. The summed E-state index contributed by atoms with van der Waals surface area (Å²) < 4.78 is 0. The summed E-state index contributed by atoms with van der Waals surface area (Å²) in [6.45, 7) is 3.98. The van der Waals surface area contributed by atoms with Crippen molar-refractivity contribution in [2.45, 2.75) is 25.8 Å². The second-order valence-corrected chi connectivity index (χ2v) is 5.61. The molecule has 5 nitrogen and oxygen atoms in total. The zero-order valence-electron chi connectivity index (χ0n) is 12.8. The Labute approximate surface area is 121 Å². The number of anilines is 1. The Morgan fingerprint density at radius 2 is 2.25 bits per heavy atom. The summed E-state index contributed by atoms with van der Waals surface area (Å²) in [5.41, 5.74) is 1.56. The number of carbonyl (C=O) groups excluding carboxylic acids is 1. The van der Waals surface area contributed by atoms with Gasteiger partial charge < -0.3 is 15.1 Å². The van der Waals surface area contributed by atoms with Gasteiger partial charge in [-0.3, -0.25) is 4.79 Å². The fourth-order valence-corrected chi connectivity index (χ4v) is 2.74. The molecule has 0 radical (unpaired) electrons. The van der Waals surface area contributed by atoms with Crippen molar-refractivity contribution in [2.24, 2.45) is 0 Å². The number of amides is 1. The van der Waals surface area contributed by atoms with Gasteiger partial charge in [0.1, 0.15) is 5.82 Å². The maximum Gasteiger partial charge on any atom is 0.254 e. The Morgan fingerprint density at radius 1 is 1.50 bits per heavy atom. The van der Waals surface area contributed by atoms with Gasteiger partial charge in [0.2, 0.25) is 0 Å². The molecule has 0 aromatic carbocycles. The summed E-state index contributed by atoms with van der Waals surface area (Å²) in [5, 5.41) is 3.00. The summed E-state index contributed by atoms with van der Waals surface area (Å²) in [5.74, 6) is 0.815. The van der Waals surface area contributed by atoms with Gasteiger partial charge in [0.25, 0.3) is 5.91 Å². The van der Waals surface area contributed by atoms with Crippen molar-refractivity contribution < 1.29 is 4.79 Å². The molecule has 0 spiro atoms. The number of piperidine rings is 1. The number of likely N-dealkylation sites (N-methyl/N-ethyl adjacent to an activating group) is 2. The molecule has 1 aliphatic heterocycles. The van der Waals surface area contributed by atoms with Crippen molar-refractivity contribution in [3.8, 4) is 0 Å². The van der Waals surface area contributed by atoms with Crippen LogP contribution in [0.25, 0.3) is 0 Å². The van der Waals surface area contributed by atoms with Gasteiger partial charge in [0.05, 0.1) is 0 Å². The Morgan fingerprint density at radius 3 is 2.90 bits per heavy atom. The van der Waals surface area contributed by atoms with E-state index in [9.17, 15) is 4.79 Å². The van der Waals surface area contributed by atoms with E-state index in [1.54, 1.807) is 0 Å². The third-order valence-corrected chi connectivity index (χ3v) is 3.92. The third kappa shape index (κ3) is 3.28. The second-order valence-electron chi connectivity index (χ2n) is 5.61. The normalized spacial score (nSPS) is 19.7. The van der Waals surface area contributed by atoms with Crippen LogP contribution in [0.4, 0.5) is 5.82 Å². The van der Waals surface area contributed by atoms with E-state index in [1.807, 2.05) is 38.1 Å². The molecule has 1 fully saturated rings. The topological polar surface area (TPSA) is 48.5 Å². The van der Waals surface area contributed by atoms with Gasteiger partial charge in [-0.05, 0) is 45.5 Å². The molecule has 0 aliphatic carbocycles. The summed E-state index contributed by atoms with van der Waals surface area (Å²) in [7, 11) is 5.83. The van der Waals surface area contributed by atoms with Crippen LogP contribution in [0, 0.1) is 6.92 Å². The Hall–Kier alpha value is -1.62. The molecule has 2 heterocycles. The average Bonchev–Trinajstić information content (AvgIpc) is 2.45. The highest BCUT2D eigenvalue weighted by atomic mass is 16.2. The molecule has 1 saturated heterocycles. The van der Waals surface area contributed by atoms with E-state index in [0.717, 1.165) is 37.4 Å². The Balaban J connectivity index is 2.15. The Kier molecular flexibility index (Phi) is 4.60. The molecular formula is C15H24N4O. The molecule has 110 valence electrons. The standard InChI is InChI=1S/C15H24N4O/c1-11-8-12(9-14(16-2)17-11)15(20)19(4)13-6-5-7-18(3)10-13/h8-9,13H,5-7,10H2,1-4H3,(H,16,17). The van der Waals surface area contributed by atoms with Crippen LogP contribution >= 0.6 is 0 Å². The quantitative estimate of drug-likeness (QED) is 0.911. The summed E-state index contributed by atoms with van der Waals surface area (Å²) in [6.07, 6.45) is 2.23. The van der Waals surface area contributed by atoms with Crippen molar-refractivity contribution in [3.05, 3.63) is 23.4 Å². The molecule has 0 saturated carbocycles. The molecule has 2 rings (SSSR count). The molecule has 0 bridgehead atoms. The number of carbonyl (C=O) groups is 1. The second kappa shape index (κ2) is 6.22. The molecule has 1 atom stereocenters. The van der Waals surface area contributed by atoms with Crippen LogP contribution in [0.2, 0.25) is 0 Å². The maximum absolute atomic E-state index is 12.6. The molecular weight excluding hydrogens is 252 g/mol. The van der Waals surface area contributed by atoms with Crippen molar-refractivity contribution in [3.63, 3.8) is 0 Å². The predicted molar refractivity (Wildman–Crippen MR) is 81.1 cm³/mol. The lowest BCUT2D eigenvalue weighted by molar-refractivity contribution is 0.0644. The lowest BCUT2D eigenvalue weighted by Crippen LogP contribution is -2.47. The lowest BCUT2D eigenvalue weighted by atomic mass is 10.0. The number of hydrogen-bond acceptors (Lipinski definition) is 4. The minimum absolute atomic E-state index is 0.0762. The van der Waals surface area contributed by atoms with E-state index in [0.29, 0.717) is 11.6 Å². The van der Waals surface area contributed by atoms with Crippen LogP contribution in [0.1, 0.15) is 28.9 Å². The van der Waals surface area contributed by atoms with Gasteiger partial charge in [-0.15, -0.1) is 0 Å². The van der Waals surface area contributed by atoms with Crippen LogP contribution < -0.4 is 5.32 Å². The van der Waals surface area contributed by atoms with Crippen molar-refractivity contribution in [1.29, 1.82) is 0 Å². The largest absolute Gasteiger partial charge is 0.373 e. The van der Waals surface area contributed by atoms with Gasteiger partial charge in [-0.2, -0.15) is 0 Å². The Bertz CT molecular complexity index is 489. The third-order valence-electron chi connectivity index (χ3n) is 3.92. The van der Waals surface area contributed by atoms with Gasteiger partial charge in [-0.1, -0.05) is 0 Å². The molecule has 20 heavy (non-hydrogen) atoms. The zero-order chi connectivity index (χ0) is 14.7. The van der Waals surface area contributed by atoms with Gasteiger partial charge in [0.15, 0.2) is 0 Å². The molecule has 1 N–H and O–H groups in total. The number of rotatable bonds is 3. The number of aryl methyl sites for hydroxylation is 1. The number of nitrogens with zero attached hydrogens (tertiary/aromatic N) is 3. The minimum atomic E-state index is 0.0762. The first-order chi connectivity index (χ1) is 9.51. The van der Waals surface area contributed by atoms with E-state index in [-0.39, 0.29) is 5.91 Å². The number of nitrogens with one attached hydrogen (secondary N) is 1. The van der Waals surface area contributed by atoms with E-state index in [4.69, 9.17) is 0 Å². The fourth-order valence-electron chi connectivity index (χ4n) is 2.74. The molecule has 1 unspecified atom stereocenters. The monoisotopic (exact) mass is 276 g/mol. The highest BCUT2D eigenvalue weighted by Crippen LogP contribution is 2.17. The van der Waals surface area contributed by atoms with E-state index < -0.39 is 0 Å². The molecule has 1 aromatic heterocycles. The van der Waals surface area contributed by atoms with Crippen LogP contribution in [-0.2, 0) is 0 Å². The van der Waals surface area contributed by atoms with Crippen molar-refractivity contribution >= 4 is 11.7 Å². The minimum Gasteiger partial charge on any atom is -0.373 e. The molecule has 1 aromatic rings. The summed E-state index contributed by atoms with van der Waals surface area (Å²) in [6, 6.07) is 3.97. The smallest absolute Gasteiger partial charge is 0.254 e. The van der Waals surface area contributed by atoms with E-state index in [2.05, 4.69) is 22.2 Å². The van der Waals surface area contributed by atoms with Crippen LogP contribution in [0.3, 0.4) is 0 Å². The van der Waals surface area contributed by atoms with Gasteiger partial charge in [0, 0.05) is 37.9 Å². The first kappa shape index (κ1) is 14.8. The molecule has 1 amide bonds. The van der Waals surface area contributed by atoms with Crippen LogP contribution in [-0.4, -0.2) is 61.0 Å². The predicted octanol–water partition coefficient (Wildman–Crippen LogP) is 1.60. The fraction of sp³-hybridized carbons (Fsp3) is 0.600. The maximum atomic E-state index is 12.6. The first-order valence-corrected chi connectivity index (χ1v) is 7.13. The molecule has 5 heteroatoms. The number of likely N-dealkylation sites (tertiary alicyclic amines) is 1.